The van der Waals surface area contributed by atoms with E-state index in [0.717, 1.165) is 6.07 Å². The minimum atomic E-state index is -1.81. The van der Waals surface area contributed by atoms with Gasteiger partial charge in [0.2, 0.25) is 6.29 Å². The molecule has 2 aliphatic heterocycles. The molecular formula is C35H37NO16. The first kappa shape index (κ1) is 37.0. The van der Waals surface area contributed by atoms with Crippen LogP contribution < -0.4 is 19.6 Å². The summed E-state index contributed by atoms with van der Waals surface area (Å²) in [4.78, 5) is 17.0. The average molecular weight is 728 g/mol. The number of phenols is 2. The van der Waals surface area contributed by atoms with Crippen LogP contribution in [0.3, 0.4) is 0 Å². The summed E-state index contributed by atoms with van der Waals surface area (Å²) in [5, 5.41) is 83.9. The summed E-state index contributed by atoms with van der Waals surface area (Å²) < 4.78 is 39.5. The first-order valence-electron chi connectivity index (χ1n) is 16.0. The molecule has 8 N–H and O–H groups in total. The Kier molecular flexibility index (Phi) is 11.0. The van der Waals surface area contributed by atoms with Crippen LogP contribution in [0.5, 0.6) is 28.7 Å². The van der Waals surface area contributed by atoms with Crippen molar-refractivity contribution in [2.75, 3.05) is 13.7 Å². The van der Waals surface area contributed by atoms with Crippen LogP contribution in [-0.2, 0) is 14.2 Å². The predicted octanol–water partition coefficient (Wildman–Crippen LogP) is 0.650. The molecular weight excluding hydrogens is 690 g/mol. The molecule has 278 valence electrons. The number of aromatic hydroxyl groups is 2. The molecule has 0 aliphatic carbocycles. The fourth-order valence-electron chi connectivity index (χ4n) is 5.82. The number of methoxy groups -OCH3 is 1. The van der Waals surface area contributed by atoms with Crippen molar-refractivity contribution in [1.82, 2.24) is 0 Å². The van der Waals surface area contributed by atoms with Gasteiger partial charge in [-0.25, -0.2) is 4.79 Å². The number of aliphatic hydroxyl groups excluding tert-OH is 6. The monoisotopic (exact) mass is 727 g/mol. The van der Waals surface area contributed by atoms with Crippen molar-refractivity contribution in [1.29, 1.82) is 0 Å². The van der Waals surface area contributed by atoms with Crippen LogP contribution in [0.2, 0.25) is 0 Å². The third-order valence-corrected chi connectivity index (χ3v) is 8.60. The predicted molar refractivity (Wildman–Crippen MR) is 175 cm³/mol. The van der Waals surface area contributed by atoms with Crippen molar-refractivity contribution in [3.8, 4) is 40.1 Å². The molecule has 0 spiro atoms. The van der Waals surface area contributed by atoms with Crippen molar-refractivity contribution in [3.63, 3.8) is 0 Å². The number of aliphatic hydroxyl groups is 6. The normalized spacial score (nSPS) is 29.5. The number of hydrogen-bond acceptors (Lipinski definition) is 16. The Morgan fingerprint density at radius 3 is 2.25 bits per heavy atom. The van der Waals surface area contributed by atoms with Crippen LogP contribution in [-0.4, -0.2) is 122 Å². The van der Waals surface area contributed by atoms with Gasteiger partial charge in [0.05, 0.1) is 30.6 Å². The number of rotatable bonds is 8. The third kappa shape index (κ3) is 7.54. The van der Waals surface area contributed by atoms with E-state index in [2.05, 4.69) is 4.99 Å². The maximum Gasteiger partial charge on any atom is 0.439 e. The van der Waals surface area contributed by atoms with E-state index in [9.17, 15) is 45.6 Å². The molecule has 1 amide bonds. The van der Waals surface area contributed by atoms with Gasteiger partial charge in [0.15, 0.2) is 23.9 Å². The zero-order chi connectivity index (χ0) is 37.3. The molecule has 0 bridgehead atoms. The van der Waals surface area contributed by atoms with Gasteiger partial charge in [-0.2, -0.15) is 4.99 Å². The summed E-state index contributed by atoms with van der Waals surface area (Å²) in [6, 6.07) is 16.3. The number of amides is 1. The Labute approximate surface area is 294 Å². The molecule has 4 aromatic rings. The molecule has 10 atom stereocenters. The lowest BCUT2D eigenvalue weighted by Gasteiger charge is -2.45. The van der Waals surface area contributed by atoms with E-state index in [-0.39, 0.29) is 45.1 Å². The van der Waals surface area contributed by atoms with E-state index in [1.165, 1.54) is 38.3 Å². The number of carbonyl (C=O) groups is 1. The fourth-order valence-corrected chi connectivity index (χ4v) is 5.82. The topological polar surface area (TPSA) is 260 Å². The molecule has 17 heteroatoms. The smallest absolute Gasteiger partial charge is 0.439 e. The molecule has 3 heterocycles. The molecule has 6 rings (SSSR count). The van der Waals surface area contributed by atoms with Crippen LogP contribution in [0.25, 0.3) is 22.3 Å². The highest BCUT2D eigenvalue weighted by molar-refractivity contribution is 5.87. The molecule has 1 aromatic heterocycles. The van der Waals surface area contributed by atoms with Gasteiger partial charge in [0.25, 0.3) is 0 Å². The van der Waals surface area contributed by atoms with E-state index in [4.69, 9.17) is 32.8 Å². The molecule has 0 unspecified atom stereocenters. The quantitative estimate of drug-likeness (QED) is 0.124. The van der Waals surface area contributed by atoms with Gasteiger partial charge in [-0.05, 0) is 37.3 Å². The van der Waals surface area contributed by atoms with Crippen molar-refractivity contribution in [2.24, 2.45) is 4.99 Å². The van der Waals surface area contributed by atoms with E-state index < -0.39 is 79.9 Å². The van der Waals surface area contributed by atoms with Gasteiger partial charge >= 0.3 is 6.09 Å². The number of benzene rings is 3. The Hall–Kier alpha value is -4.82. The van der Waals surface area contributed by atoms with Crippen molar-refractivity contribution in [2.45, 2.75) is 68.3 Å². The lowest BCUT2D eigenvalue weighted by Crippen LogP contribution is -2.64. The van der Waals surface area contributed by atoms with Crippen molar-refractivity contribution >= 4 is 17.1 Å². The summed E-state index contributed by atoms with van der Waals surface area (Å²) in [7, 11) is 1.38. The second kappa shape index (κ2) is 15.4. The molecule has 0 radical (unpaired) electrons. The zero-order valence-electron chi connectivity index (χ0n) is 27.6. The average Bonchev–Trinajstić information content (AvgIpc) is 3.12. The summed E-state index contributed by atoms with van der Waals surface area (Å²) in [6.45, 7) is 0.662. The number of carbonyl (C=O) groups excluding carboxylic acids is 1. The number of phenolic OH excluding ortho intramolecular Hbond substituents is 2. The van der Waals surface area contributed by atoms with Crippen LogP contribution in [0.1, 0.15) is 6.92 Å². The third-order valence-electron chi connectivity index (χ3n) is 8.60. The van der Waals surface area contributed by atoms with Gasteiger partial charge in [0.1, 0.15) is 65.2 Å². The minimum absolute atomic E-state index is 0.0554. The van der Waals surface area contributed by atoms with E-state index in [0.29, 0.717) is 5.56 Å². The van der Waals surface area contributed by atoms with Crippen LogP contribution in [0.4, 0.5) is 4.79 Å². The second-order valence-electron chi connectivity index (χ2n) is 12.1. The summed E-state index contributed by atoms with van der Waals surface area (Å²) in [6.07, 6.45) is -16.8. The summed E-state index contributed by atoms with van der Waals surface area (Å²) >= 11 is 0. The van der Waals surface area contributed by atoms with Gasteiger partial charge in [-0.1, -0.05) is 18.2 Å². The van der Waals surface area contributed by atoms with E-state index >= 15 is 0 Å². The Balaban J connectivity index is 1.40. The molecule has 2 aliphatic rings. The highest BCUT2D eigenvalue weighted by atomic mass is 16.8. The molecule has 2 fully saturated rings. The Morgan fingerprint density at radius 2 is 1.56 bits per heavy atom. The van der Waals surface area contributed by atoms with Crippen LogP contribution >= 0.6 is 0 Å². The molecule has 3 aromatic carbocycles. The lowest BCUT2D eigenvalue weighted by atomic mass is 9.97. The van der Waals surface area contributed by atoms with Gasteiger partial charge in [0, 0.05) is 23.8 Å². The molecule has 2 saturated heterocycles. The lowest BCUT2D eigenvalue weighted by molar-refractivity contribution is -0.354. The SMILES string of the molecule is COc1ccc(-c2cc(=NC(=O)Oc3ccccc3)c3c(O)cc(O[C@@H]4O[C@H](CO)[C@@H](O)[C@H](O)[C@H]4O[C@@H]4O[C@@H](C)[C@H](O)[C@@H](O)[C@H]4O)cc3o2)cc1O. The fraction of sp³-hybridized carbons (Fsp3) is 0.371. The largest absolute Gasteiger partial charge is 0.507 e. The molecule has 0 saturated carbocycles. The first-order chi connectivity index (χ1) is 24.9. The van der Waals surface area contributed by atoms with E-state index in [1.807, 2.05) is 0 Å². The maximum absolute atomic E-state index is 12.9. The first-order valence-corrected chi connectivity index (χ1v) is 16.0. The standard InChI is InChI=1S/C35H37NO16/c1-15-27(40)29(42)31(44)33(47-15)52-32-30(43)28(41)25(14-37)51-34(32)48-18-11-21(39)26-19(36-35(45)49-17-6-4-3-5-7-17)13-23(50-24(26)12-18)16-8-9-22(46-2)20(38)10-16/h3-13,15,25,27-34,37-44H,14H2,1-2H3/t15-,25+,27-,28+,29+,30-,31+,32+,33-,34+/m0/s1. The maximum atomic E-state index is 12.9. The molecule has 52 heavy (non-hydrogen) atoms. The van der Waals surface area contributed by atoms with Crippen molar-refractivity contribution < 1.29 is 78.5 Å². The summed E-state index contributed by atoms with van der Waals surface area (Å²) in [5.74, 6) is -0.435. The number of hydrogen-bond donors (Lipinski definition) is 8. The highest BCUT2D eigenvalue weighted by Crippen LogP contribution is 2.36. The minimum Gasteiger partial charge on any atom is -0.507 e. The van der Waals surface area contributed by atoms with Crippen LogP contribution in [0, 0.1) is 0 Å². The summed E-state index contributed by atoms with van der Waals surface area (Å²) in [5.41, 5.74) is 0.219. The van der Waals surface area contributed by atoms with E-state index in [1.54, 1.807) is 36.4 Å². The Bertz CT molecular complexity index is 1950. The van der Waals surface area contributed by atoms with Gasteiger partial charge in [-0.3, -0.25) is 0 Å². The van der Waals surface area contributed by atoms with Crippen molar-refractivity contribution in [3.05, 3.63) is 72.1 Å². The number of fused-ring (bicyclic) bond motifs is 1. The Morgan fingerprint density at radius 1 is 0.808 bits per heavy atom. The zero-order valence-corrected chi connectivity index (χ0v) is 27.6. The number of nitrogens with zero attached hydrogens (tertiary/aromatic N) is 1. The number of para-hydroxylation sites is 1. The second-order valence-corrected chi connectivity index (χ2v) is 12.1. The number of ether oxygens (including phenoxy) is 6. The van der Waals surface area contributed by atoms with Crippen LogP contribution in [0.15, 0.2) is 76.1 Å². The highest BCUT2D eigenvalue weighted by Gasteiger charge is 2.51. The molecule has 17 nitrogen and oxygen atoms in total. The van der Waals surface area contributed by atoms with Gasteiger partial charge < -0.3 is 73.7 Å². The van der Waals surface area contributed by atoms with Gasteiger partial charge in [-0.15, -0.1) is 0 Å².